The van der Waals surface area contributed by atoms with Gasteiger partial charge in [0.25, 0.3) is 0 Å². The van der Waals surface area contributed by atoms with Gasteiger partial charge in [-0.15, -0.1) is 11.3 Å². The van der Waals surface area contributed by atoms with Crippen LogP contribution in [0.2, 0.25) is 0 Å². The second-order valence-electron chi connectivity index (χ2n) is 5.57. The zero-order chi connectivity index (χ0) is 14.5. The molecule has 1 aromatic heterocycles. The second-order valence-corrected chi connectivity index (χ2v) is 7.93. The minimum Gasteiger partial charge on any atom is -0.312 e. The fourth-order valence-electron chi connectivity index (χ4n) is 2.83. The molecule has 0 unspecified atom stereocenters. The van der Waals surface area contributed by atoms with Gasteiger partial charge in [-0.1, -0.05) is 25.1 Å². The lowest BCUT2D eigenvalue weighted by Gasteiger charge is -2.26. The number of nitrogens with zero attached hydrogens (tertiary/aromatic N) is 1. The number of thioether (sulfide) groups is 1. The predicted octanol–water partition coefficient (Wildman–Crippen LogP) is 3.95. The summed E-state index contributed by atoms with van der Waals surface area (Å²) >= 11 is 4.05. The van der Waals surface area contributed by atoms with Gasteiger partial charge in [-0.25, -0.2) is 0 Å². The van der Waals surface area contributed by atoms with Crippen LogP contribution >= 0.6 is 23.1 Å². The van der Waals surface area contributed by atoms with E-state index in [-0.39, 0.29) is 0 Å². The molecule has 0 atom stereocenters. The van der Waals surface area contributed by atoms with E-state index in [2.05, 4.69) is 53.2 Å². The van der Waals surface area contributed by atoms with E-state index >= 15 is 0 Å². The molecule has 3 rings (SSSR count). The second kappa shape index (κ2) is 7.63. The minimum atomic E-state index is 1.02. The topological polar surface area (TPSA) is 15.3 Å². The third-order valence-electron chi connectivity index (χ3n) is 3.98. The van der Waals surface area contributed by atoms with Crippen molar-refractivity contribution in [1.82, 2.24) is 10.2 Å². The number of thiophene rings is 1. The number of hydrogen-bond acceptors (Lipinski definition) is 4. The summed E-state index contributed by atoms with van der Waals surface area (Å²) < 4.78 is 1.44. The van der Waals surface area contributed by atoms with E-state index in [0.29, 0.717) is 0 Å². The third-order valence-corrected chi connectivity index (χ3v) is 6.14. The van der Waals surface area contributed by atoms with Crippen molar-refractivity contribution in [2.45, 2.75) is 26.4 Å². The highest BCUT2D eigenvalue weighted by Crippen LogP contribution is 2.32. The van der Waals surface area contributed by atoms with Gasteiger partial charge >= 0.3 is 0 Å². The van der Waals surface area contributed by atoms with Crippen LogP contribution in [0.4, 0.5) is 0 Å². The van der Waals surface area contributed by atoms with Crippen LogP contribution in [0.25, 0.3) is 10.1 Å². The molecule has 1 aromatic carbocycles. The average molecular weight is 321 g/mol. The zero-order valence-electron chi connectivity index (χ0n) is 12.7. The van der Waals surface area contributed by atoms with Crippen molar-refractivity contribution in [1.29, 1.82) is 0 Å². The number of nitrogens with one attached hydrogen (secondary N) is 1. The van der Waals surface area contributed by atoms with Crippen LogP contribution in [0, 0.1) is 0 Å². The standard InChI is InChI=1S/C17H24N2S2/c1-2-7-18-12-17-15(13-19-8-10-20-11-9-19)14-5-3-4-6-16(14)21-17/h3-6,18H,2,7-13H2,1H3. The van der Waals surface area contributed by atoms with Crippen molar-refractivity contribution in [3.63, 3.8) is 0 Å². The number of rotatable bonds is 6. The summed E-state index contributed by atoms with van der Waals surface area (Å²) in [6, 6.07) is 8.89. The lowest BCUT2D eigenvalue weighted by Crippen LogP contribution is -2.32. The van der Waals surface area contributed by atoms with E-state index in [4.69, 9.17) is 0 Å². The normalized spacial score (nSPS) is 16.6. The van der Waals surface area contributed by atoms with Crippen LogP contribution < -0.4 is 5.32 Å². The lowest BCUT2D eigenvalue weighted by atomic mass is 10.1. The smallest absolute Gasteiger partial charge is 0.0349 e. The molecule has 114 valence electrons. The summed E-state index contributed by atoms with van der Waals surface area (Å²) in [5.74, 6) is 2.57. The van der Waals surface area contributed by atoms with Gasteiger partial charge in [-0.05, 0) is 30.0 Å². The van der Waals surface area contributed by atoms with Crippen LogP contribution in [0.3, 0.4) is 0 Å². The Bertz CT molecular complexity index is 573. The molecular formula is C17H24N2S2. The summed E-state index contributed by atoms with van der Waals surface area (Å²) in [5, 5.41) is 5.04. The molecular weight excluding hydrogens is 296 g/mol. The van der Waals surface area contributed by atoms with Crippen molar-refractivity contribution >= 4 is 33.2 Å². The van der Waals surface area contributed by atoms with Crippen LogP contribution in [-0.2, 0) is 13.1 Å². The molecule has 0 amide bonds. The first kappa shape index (κ1) is 15.3. The monoisotopic (exact) mass is 320 g/mol. The summed E-state index contributed by atoms with van der Waals surface area (Å²) in [6.45, 7) is 7.93. The maximum atomic E-state index is 3.58. The number of benzene rings is 1. The molecule has 0 bridgehead atoms. The molecule has 0 aliphatic carbocycles. The Kier molecular flexibility index (Phi) is 5.58. The van der Waals surface area contributed by atoms with Crippen LogP contribution in [0.1, 0.15) is 23.8 Å². The highest BCUT2D eigenvalue weighted by molar-refractivity contribution is 7.99. The average Bonchev–Trinajstić information content (AvgIpc) is 2.87. The van der Waals surface area contributed by atoms with Crippen molar-refractivity contribution in [2.75, 3.05) is 31.1 Å². The third kappa shape index (κ3) is 3.81. The van der Waals surface area contributed by atoms with E-state index in [1.807, 2.05) is 11.3 Å². The van der Waals surface area contributed by atoms with Crippen molar-refractivity contribution in [3.8, 4) is 0 Å². The molecule has 21 heavy (non-hydrogen) atoms. The maximum Gasteiger partial charge on any atom is 0.0349 e. The molecule has 1 aliphatic heterocycles. The Morgan fingerprint density at radius 2 is 2.00 bits per heavy atom. The van der Waals surface area contributed by atoms with Gasteiger partial charge in [0.15, 0.2) is 0 Å². The Morgan fingerprint density at radius 3 is 2.81 bits per heavy atom. The first-order chi connectivity index (χ1) is 10.4. The van der Waals surface area contributed by atoms with E-state index < -0.39 is 0 Å². The van der Waals surface area contributed by atoms with Crippen LogP contribution in [-0.4, -0.2) is 36.0 Å². The molecule has 0 spiro atoms. The van der Waals surface area contributed by atoms with Gasteiger partial charge in [-0.2, -0.15) is 11.8 Å². The molecule has 4 heteroatoms. The molecule has 1 aliphatic rings. The van der Waals surface area contributed by atoms with Crippen molar-refractivity contribution in [2.24, 2.45) is 0 Å². The lowest BCUT2D eigenvalue weighted by molar-refractivity contribution is 0.295. The van der Waals surface area contributed by atoms with Crippen LogP contribution in [0.15, 0.2) is 24.3 Å². The fraction of sp³-hybridized carbons (Fsp3) is 0.529. The van der Waals surface area contributed by atoms with E-state index in [1.54, 1.807) is 5.56 Å². The predicted molar refractivity (Wildman–Crippen MR) is 96.4 cm³/mol. The summed E-state index contributed by atoms with van der Waals surface area (Å²) in [6.07, 6.45) is 1.20. The first-order valence-corrected chi connectivity index (χ1v) is 9.85. The van der Waals surface area contributed by atoms with Gasteiger partial charge in [0.05, 0.1) is 0 Å². The Balaban J connectivity index is 1.83. The van der Waals surface area contributed by atoms with Gasteiger partial charge < -0.3 is 5.32 Å². The molecule has 1 saturated heterocycles. The van der Waals surface area contributed by atoms with Crippen molar-refractivity contribution in [3.05, 3.63) is 34.7 Å². The van der Waals surface area contributed by atoms with E-state index in [9.17, 15) is 0 Å². The van der Waals surface area contributed by atoms with E-state index in [0.717, 1.165) is 19.6 Å². The molecule has 2 aromatic rings. The number of hydrogen-bond donors (Lipinski definition) is 1. The van der Waals surface area contributed by atoms with E-state index in [1.165, 1.54) is 46.0 Å². The Hall–Kier alpha value is -0.550. The Labute approximate surface area is 135 Å². The van der Waals surface area contributed by atoms with Crippen molar-refractivity contribution < 1.29 is 0 Å². The quantitative estimate of drug-likeness (QED) is 0.811. The molecule has 2 nitrogen and oxygen atoms in total. The van der Waals surface area contributed by atoms with Gasteiger partial charge in [0.2, 0.25) is 0 Å². The molecule has 1 fully saturated rings. The highest BCUT2D eigenvalue weighted by atomic mass is 32.2. The SMILES string of the molecule is CCCNCc1sc2ccccc2c1CN1CCSCC1. The highest BCUT2D eigenvalue weighted by Gasteiger charge is 2.17. The summed E-state index contributed by atoms with van der Waals surface area (Å²) in [4.78, 5) is 4.15. The summed E-state index contributed by atoms with van der Waals surface area (Å²) in [5.41, 5.74) is 1.56. The number of fused-ring (bicyclic) bond motifs is 1. The molecule has 0 radical (unpaired) electrons. The van der Waals surface area contributed by atoms with Crippen LogP contribution in [0.5, 0.6) is 0 Å². The Morgan fingerprint density at radius 1 is 1.19 bits per heavy atom. The molecule has 0 saturated carbocycles. The zero-order valence-corrected chi connectivity index (χ0v) is 14.4. The fourth-order valence-corrected chi connectivity index (χ4v) is 4.99. The minimum absolute atomic E-state index is 1.02. The largest absolute Gasteiger partial charge is 0.312 e. The summed E-state index contributed by atoms with van der Waals surface area (Å²) in [7, 11) is 0. The molecule has 2 heterocycles. The maximum absolute atomic E-state index is 3.58. The van der Waals surface area contributed by atoms with Gasteiger partial charge in [0.1, 0.15) is 0 Å². The van der Waals surface area contributed by atoms with Gasteiger partial charge in [-0.3, -0.25) is 4.90 Å². The first-order valence-electron chi connectivity index (χ1n) is 7.88. The molecule has 1 N–H and O–H groups in total. The van der Waals surface area contributed by atoms with Gasteiger partial charge in [0, 0.05) is 47.3 Å².